The highest BCUT2D eigenvalue weighted by atomic mass is 79.9. The van der Waals surface area contributed by atoms with Gasteiger partial charge in [-0.25, -0.2) is 4.39 Å². The number of hydrogen-bond donors (Lipinski definition) is 1. The standard InChI is InChI=1S/C16H13Br2FO3/c1-22-13-8-10(4-7-12(13)20)14(17)15(18)16(21)9-2-5-11(19)6-3-9/h2-8,14-15,20H,1H3. The van der Waals surface area contributed by atoms with Crippen molar-refractivity contribution >= 4 is 37.6 Å². The van der Waals surface area contributed by atoms with Gasteiger partial charge in [0.1, 0.15) is 5.82 Å². The number of halogens is 3. The molecule has 2 aromatic rings. The van der Waals surface area contributed by atoms with Crippen LogP contribution < -0.4 is 4.74 Å². The van der Waals surface area contributed by atoms with Gasteiger partial charge in [0.2, 0.25) is 0 Å². The summed E-state index contributed by atoms with van der Waals surface area (Å²) in [5, 5.41) is 9.61. The monoisotopic (exact) mass is 430 g/mol. The van der Waals surface area contributed by atoms with E-state index in [0.717, 1.165) is 5.56 Å². The Balaban J connectivity index is 2.22. The van der Waals surface area contributed by atoms with Gasteiger partial charge in [-0.3, -0.25) is 4.79 Å². The van der Waals surface area contributed by atoms with Crippen molar-refractivity contribution in [1.82, 2.24) is 0 Å². The fraction of sp³-hybridized carbons (Fsp3) is 0.188. The molecular weight excluding hydrogens is 419 g/mol. The average Bonchev–Trinajstić information content (AvgIpc) is 2.54. The third-order valence-electron chi connectivity index (χ3n) is 3.16. The fourth-order valence-electron chi connectivity index (χ4n) is 1.94. The van der Waals surface area contributed by atoms with E-state index in [-0.39, 0.29) is 22.2 Å². The fourth-order valence-corrected chi connectivity index (χ4v) is 3.04. The number of ether oxygens (including phenoxy) is 1. The number of aromatic hydroxyl groups is 1. The molecule has 0 saturated carbocycles. The van der Waals surface area contributed by atoms with Gasteiger partial charge in [0, 0.05) is 5.56 Å². The zero-order chi connectivity index (χ0) is 16.3. The normalized spacial score (nSPS) is 13.5. The van der Waals surface area contributed by atoms with E-state index in [9.17, 15) is 14.3 Å². The Hall–Kier alpha value is -1.40. The lowest BCUT2D eigenvalue weighted by Gasteiger charge is -2.17. The van der Waals surface area contributed by atoms with Gasteiger partial charge in [-0.2, -0.15) is 0 Å². The molecule has 22 heavy (non-hydrogen) atoms. The number of benzene rings is 2. The molecule has 3 nitrogen and oxygen atoms in total. The van der Waals surface area contributed by atoms with E-state index in [1.54, 1.807) is 12.1 Å². The lowest BCUT2D eigenvalue weighted by Crippen LogP contribution is -2.19. The highest BCUT2D eigenvalue weighted by molar-refractivity contribution is 9.12. The van der Waals surface area contributed by atoms with Gasteiger partial charge in [-0.15, -0.1) is 0 Å². The maximum Gasteiger partial charge on any atom is 0.177 e. The summed E-state index contributed by atoms with van der Waals surface area (Å²) in [5.41, 5.74) is 1.19. The molecule has 2 rings (SSSR count). The van der Waals surface area contributed by atoms with Crippen LogP contribution >= 0.6 is 31.9 Å². The van der Waals surface area contributed by atoms with Crippen LogP contribution in [-0.2, 0) is 0 Å². The molecule has 0 heterocycles. The molecule has 0 aliphatic rings. The maximum atomic E-state index is 12.9. The van der Waals surface area contributed by atoms with Crippen molar-refractivity contribution in [3.63, 3.8) is 0 Å². The molecule has 0 amide bonds. The SMILES string of the molecule is COc1cc(C(Br)C(Br)C(=O)c2ccc(F)cc2)ccc1O. The highest BCUT2D eigenvalue weighted by Crippen LogP contribution is 2.37. The molecule has 6 heteroatoms. The maximum absolute atomic E-state index is 12.9. The Morgan fingerprint density at radius 1 is 1.18 bits per heavy atom. The number of methoxy groups -OCH3 is 1. The number of Topliss-reactive ketones (excluding diaryl/α,β-unsaturated/α-hetero) is 1. The zero-order valence-corrected chi connectivity index (χ0v) is 14.8. The Morgan fingerprint density at radius 2 is 1.82 bits per heavy atom. The van der Waals surface area contributed by atoms with E-state index in [1.807, 2.05) is 0 Å². The zero-order valence-electron chi connectivity index (χ0n) is 11.6. The van der Waals surface area contributed by atoms with Crippen LogP contribution in [0.15, 0.2) is 42.5 Å². The predicted octanol–water partition coefficient (Wildman–Crippen LogP) is 4.62. The van der Waals surface area contributed by atoms with E-state index < -0.39 is 4.83 Å². The minimum atomic E-state index is -0.549. The number of rotatable bonds is 5. The topological polar surface area (TPSA) is 46.5 Å². The molecule has 0 bridgehead atoms. The van der Waals surface area contributed by atoms with Crippen molar-refractivity contribution in [3.8, 4) is 11.5 Å². The quantitative estimate of drug-likeness (QED) is 0.554. The molecule has 0 aliphatic carbocycles. The summed E-state index contributed by atoms with van der Waals surface area (Å²) < 4.78 is 18.0. The van der Waals surface area contributed by atoms with Gasteiger partial charge in [0.05, 0.1) is 16.8 Å². The third kappa shape index (κ3) is 3.67. The second kappa shape index (κ2) is 7.24. The van der Waals surface area contributed by atoms with Crippen LogP contribution in [0.3, 0.4) is 0 Å². The van der Waals surface area contributed by atoms with Gasteiger partial charge in [-0.1, -0.05) is 37.9 Å². The van der Waals surface area contributed by atoms with Crippen LogP contribution in [-0.4, -0.2) is 22.8 Å². The summed E-state index contributed by atoms with van der Waals surface area (Å²) >= 11 is 6.84. The predicted molar refractivity (Wildman–Crippen MR) is 89.8 cm³/mol. The number of phenols is 1. The summed E-state index contributed by atoms with van der Waals surface area (Å²) in [7, 11) is 1.46. The van der Waals surface area contributed by atoms with Gasteiger partial charge < -0.3 is 9.84 Å². The molecular formula is C16H13Br2FO3. The van der Waals surface area contributed by atoms with Crippen molar-refractivity contribution in [2.24, 2.45) is 0 Å². The van der Waals surface area contributed by atoms with E-state index in [1.165, 1.54) is 37.4 Å². The van der Waals surface area contributed by atoms with Gasteiger partial charge >= 0.3 is 0 Å². The lowest BCUT2D eigenvalue weighted by molar-refractivity contribution is 0.0991. The number of alkyl halides is 2. The van der Waals surface area contributed by atoms with Crippen molar-refractivity contribution in [3.05, 3.63) is 59.4 Å². The van der Waals surface area contributed by atoms with Crippen LogP contribution in [0.5, 0.6) is 11.5 Å². The number of carbonyl (C=O) groups is 1. The number of hydrogen-bond acceptors (Lipinski definition) is 3. The largest absolute Gasteiger partial charge is 0.504 e. The second-order valence-corrected chi connectivity index (χ2v) is 6.58. The van der Waals surface area contributed by atoms with Crippen molar-refractivity contribution < 1.29 is 19.0 Å². The Bertz CT molecular complexity index is 674. The summed E-state index contributed by atoms with van der Waals surface area (Å²) in [4.78, 5) is 11.5. The minimum Gasteiger partial charge on any atom is -0.504 e. The summed E-state index contributed by atoms with van der Waals surface area (Å²) in [5.74, 6) is -0.201. The first-order valence-corrected chi connectivity index (χ1v) is 8.22. The van der Waals surface area contributed by atoms with Crippen molar-refractivity contribution in [2.45, 2.75) is 9.65 Å². The average molecular weight is 432 g/mol. The molecule has 1 N–H and O–H groups in total. The van der Waals surface area contributed by atoms with E-state index in [4.69, 9.17) is 4.74 Å². The van der Waals surface area contributed by atoms with Gasteiger partial charge in [0.15, 0.2) is 17.3 Å². The molecule has 0 aliphatic heterocycles. The van der Waals surface area contributed by atoms with Crippen LogP contribution in [0.4, 0.5) is 4.39 Å². The molecule has 0 spiro atoms. The van der Waals surface area contributed by atoms with Crippen LogP contribution in [0.2, 0.25) is 0 Å². The van der Waals surface area contributed by atoms with Crippen LogP contribution in [0, 0.1) is 5.82 Å². The molecule has 2 atom stereocenters. The van der Waals surface area contributed by atoms with E-state index in [2.05, 4.69) is 31.9 Å². The summed E-state index contributed by atoms with van der Waals surface area (Å²) in [6.07, 6.45) is 0. The first kappa shape index (κ1) is 17.0. The smallest absolute Gasteiger partial charge is 0.177 e. The van der Waals surface area contributed by atoms with Gasteiger partial charge in [-0.05, 0) is 42.0 Å². The van der Waals surface area contributed by atoms with E-state index in [0.29, 0.717) is 11.3 Å². The molecule has 2 aromatic carbocycles. The molecule has 0 aromatic heterocycles. The number of ketones is 1. The summed E-state index contributed by atoms with van der Waals surface area (Å²) in [6, 6.07) is 10.3. The van der Waals surface area contributed by atoms with Crippen molar-refractivity contribution in [2.75, 3.05) is 7.11 Å². The third-order valence-corrected chi connectivity index (χ3v) is 5.87. The Morgan fingerprint density at radius 3 is 2.41 bits per heavy atom. The molecule has 0 radical (unpaired) electrons. The van der Waals surface area contributed by atoms with Gasteiger partial charge in [0.25, 0.3) is 0 Å². The Kier molecular flexibility index (Phi) is 5.58. The first-order valence-electron chi connectivity index (χ1n) is 6.39. The number of phenolic OH excluding ortho intramolecular Hbond substituents is 1. The molecule has 2 unspecified atom stereocenters. The van der Waals surface area contributed by atoms with Crippen molar-refractivity contribution in [1.29, 1.82) is 0 Å². The molecule has 116 valence electrons. The Labute approximate surface area is 144 Å². The van der Waals surface area contributed by atoms with Crippen LogP contribution in [0.1, 0.15) is 20.7 Å². The van der Waals surface area contributed by atoms with Crippen LogP contribution in [0.25, 0.3) is 0 Å². The first-order chi connectivity index (χ1) is 10.4. The molecule has 0 saturated heterocycles. The highest BCUT2D eigenvalue weighted by Gasteiger charge is 2.26. The number of carbonyl (C=O) groups excluding carboxylic acids is 1. The lowest BCUT2D eigenvalue weighted by atomic mass is 10.0. The second-order valence-electron chi connectivity index (χ2n) is 4.61. The minimum absolute atomic E-state index is 0.0296. The summed E-state index contributed by atoms with van der Waals surface area (Å²) in [6.45, 7) is 0. The van der Waals surface area contributed by atoms with E-state index >= 15 is 0 Å². The molecule has 0 fully saturated rings.